The predicted octanol–water partition coefficient (Wildman–Crippen LogP) is 12.9. The maximum absolute atomic E-state index is 12.6. The lowest BCUT2D eigenvalue weighted by Gasteiger charge is -2.18. The highest BCUT2D eigenvalue weighted by molar-refractivity contribution is 5.72. The molecule has 6 heteroatoms. The van der Waals surface area contributed by atoms with E-state index in [1.54, 1.807) is 6.08 Å². The Balaban J connectivity index is 4.52. The van der Waals surface area contributed by atoms with Gasteiger partial charge < -0.3 is 14.2 Å². The van der Waals surface area contributed by atoms with Gasteiger partial charge in [0.15, 0.2) is 6.10 Å². The average Bonchev–Trinajstić information content (AvgIpc) is 3.15. The molecule has 0 bridgehead atoms. The third-order valence-corrected chi connectivity index (χ3v) is 7.81. The first kappa shape index (κ1) is 49.1. The quantitative estimate of drug-likeness (QED) is 0.0284. The van der Waals surface area contributed by atoms with Crippen molar-refractivity contribution < 1.29 is 28.6 Å². The van der Waals surface area contributed by atoms with Gasteiger partial charge in [0.05, 0.1) is 6.42 Å². The van der Waals surface area contributed by atoms with Crippen molar-refractivity contribution in [2.24, 2.45) is 0 Å². The van der Waals surface area contributed by atoms with Gasteiger partial charge in [-0.05, 0) is 83.5 Å². The van der Waals surface area contributed by atoms with Crippen LogP contribution in [0, 0.1) is 0 Å². The van der Waals surface area contributed by atoms with Crippen molar-refractivity contribution in [1.29, 1.82) is 0 Å². The summed E-state index contributed by atoms with van der Waals surface area (Å²) in [6.07, 6.45) is 54.1. The zero-order valence-corrected chi connectivity index (χ0v) is 33.5. The number of carbonyl (C=O) groups is 3. The van der Waals surface area contributed by atoms with E-state index in [0.29, 0.717) is 12.8 Å². The van der Waals surface area contributed by atoms with E-state index < -0.39 is 12.1 Å². The van der Waals surface area contributed by atoms with Crippen LogP contribution < -0.4 is 0 Å². The molecule has 296 valence electrons. The summed E-state index contributed by atoms with van der Waals surface area (Å²) in [7, 11) is 0. The highest BCUT2D eigenvalue weighted by Crippen LogP contribution is 2.09. The third-order valence-electron chi connectivity index (χ3n) is 7.81. The smallest absolute Gasteiger partial charge is 0.309 e. The lowest BCUT2D eigenvalue weighted by atomic mass is 10.1. The molecule has 1 unspecified atom stereocenters. The van der Waals surface area contributed by atoms with Crippen molar-refractivity contribution >= 4 is 17.9 Å². The molecule has 53 heavy (non-hydrogen) atoms. The van der Waals surface area contributed by atoms with Crippen molar-refractivity contribution in [2.75, 3.05) is 13.2 Å². The number of hydrogen-bond donors (Lipinski definition) is 0. The Bertz CT molecular complexity index is 1160. The molecule has 0 aromatic heterocycles. The van der Waals surface area contributed by atoms with E-state index in [0.717, 1.165) is 103 Å². The Morgan fingerprint density at radius 2 is 0.811 bits per heavy atom. The molecule has 0 aliphatic carbocycles. The summed E-state index contributed by atoms with van der Waals surface area (Å²) in [5.74, 6) is -1.14. The predicted molar refractivity (Wildman–Crippen MR) is 223 cm³/mol. The number of allylic oxidation sites excluding steroid dienone is 17. The van der Waals surface area contributed by atoms with Crippen LogP contribution in [-0.4, -0.2) is 37.2 Å². The van der Waals surface area contributed by atoms with Gasteiger partial charge >= 0.3 is 17.9 Å². The monoisotopic (exact) mass is 733 g/mol. The highest BCUT2D eigenvalue weighted by Gasteiger charge is 2.19. The van der Waals surface area contributed by atoms with Gasteiger partial charge in [0.1, 0.15) is 13.2 Å². The van der Waals surface area contributed by atoms with Gasteiger partial charge in [-0.15, -0.1) is 0 Å². The van der Waals surface area contributed by atoms with Crippen LogP contribution >= 0.6 is 0 Å². The topological polar surface area (TPSA) is 78.9 Å². The number of hydrogen-bond acceptors (Lipinski definition) is 6. The van der Waals surface area contributed by atoms with Crippen LogP contribution in [0.2, 0.25) is 0 Å². The summed E-state index contributed by atoms with van der Waals surface area (Å²) in [6.45, 7) is 6.14. The van der Waals surface area contributed by atoms with Gasteiger partial charge in [0.2, 0.25) is 0 Å². The zero-order valence-electron chi connectivity index (χ0n) is 33.5. The number of unbranched alkanes of at least 4 members (excludes halogenated alkanes) is 6. The van der Waals surface area contributed by atoms with E-state index in [-0.39, 0.29) is 38.0 Å². The summed E-state index contributed by atoms with van der Waals surface area (Å²) in [5, 5.41) is 0. The number of ether oxygens (including phenoxy) is 3. The van der Waals surface area contributed by atoms with E-state index >= 15 is 0 Å². The summed E-state index contributed by atoms with van der Waals surface area (Å²) < 4.78 is 16.4. The first-order chi connectivity index (χ1) is 26.0. The molecule has 0 amide bonds. The fourth-order valence-corrected chi connectivity index (χ4v) is 4.80. The molecule has 1 atom stereocenters. The Morgan fingerprint density at radius 3 is 1.30 bits per heavy atom. The molecule has 0 aromatic rings. The molecular weight excluding hydrogens is 661 g/mol. The summed E-state index contributed by atoms with van der Waals surface area (Å²) in [5.41, 5.74) is 0. The molecule has 0 rings (SSSR count). The normalized spacial score (nSPS) is 13.2. The van der Waals surface area contributed by atoms with Crippen molar-refractivity contribution in [3.63, 3.8) is 0 Å². The third kappa shape index (κ3) is 39.1. The van der Waals surface area contributed by atoms with Gasteiger partial charge in [-0.1, -0.05) is 156 Å². The van der Waals surface area contributed by atoms with E-state index in [4.69, 9.17) is 14.2 Å². The van der Waals surface area contributed by atoms with Crippen LogP contribution in [0.1, 0.15) is 149 Å². The standard InChI is InChI=1S/C47H72O6/c1-4-7-10-13-15-17-19-21-23-25-27-29-31-34-37-40-46(49)52-43-44(42-51-45(48)39-36-33-12-9-6-3)53-47(50)41-38-35-32-30-28-26-24-22-20-18-16-14-11-8-5-2/h7-8,10-11,15-18,21-24,27-30,34,37,44H,4-6,9,12-14,19-20,25-26,31-33,35-36,38-43H2,1-3H3/b10-7-,11-8-,17-15-,18-16-,23-21-,24-22-,29-27-,30-28-,37-34-. The van der Waals surface area contributed by atoms with Crippen molar-refractivity contribution in [3.05, 3.63) is 109 Å². The molecule has 0 saturated carbocycles. The number of rotatable bonds is 34. The maximum atomic E-state index is 12.6. The SMILES string of the molecule is CC/C=C\C/C=C\C/C=C\C/C=C\C/C=C\CC(=O)OCC(COC(=O)CCCCCCC)OC(=O)CCCC/C=C\C/C=C\C/C=C\C/C=C\CC. The molecule has 6 nitrogen and oxygen atoms in total. The van der Waals surface area contributed by atoms with Crippen molar-refractivity contribution in [2.45, 2.75) is 155 Å². The van der Waals surface area contributed by atoms with Gasteiger partial charge in [0.25, 0.3) is 0 Å². The summed E-state index contributed by atoms with van der Waals surface area (Å²) in [4.78, 5) is 37.3. The molecule has 0 fully saturated rings. The van der Waals surface area contributed by atoms with Crippen LogP contribution in [0.4, 0.5) is 0 Å². The molecule has 0 radical (unpaired) electrons. The Hall–Kier alpha value is -3.93. The minimum Gasteiger partial charge on any atom is -0.462 e. The molecule has 0 spiro atoms. The van der Waals surface area contributed by atoms with Crippen molar-refractivity contribution in [1.82, 2.24) is 0 Å². The average molecular weight is 733 g/mol. The summed E-state index contributed by atoms with van der Waals surface area (Å²) in [6, 6.07) is 0. The number of esters is 3. The molecule has 0 aromatic carbocycles. The van der Waals surface area contributed by atoms with E-state index in [1.807, 2.05) is 6.08 Å². The van der Waals surface area contributed by atoms with E-state index in [1.165, 1.54) is 0 Å². The van der Waals surface area contributed by atoms with Crippen LogP contribution in [0.5, 0.6) is 0 Å². The Morgan fingerprint density at radius 1 is 0.415 bits per heavy atom. The van der Waals surface area contributed by atoms with E-state index in [9.17, 15) is 14.4 Å². The second kappa shape index (κ2) is 40.8. The first-order valence-electron chi connectivity index (χ1n) is 20.4. The molecule has 0 heterocycles. The molecule has 0 aliphatic rings. The van der Waals surface area contributed by atoms with Gasteiger partial charge in [-0.3, -0.25) is 14.4 Å². The highest BCUT2D eigenvalue weighted by atomic mass is 16.6. The lowest BCUT2D eigenvalue weighted by molar-refractivity contribution is -0.166. The minimum atomic E-state index is -0.835. The van der Waals surface area contributed by atoms with Gasteiger partial charge in [-0.2, -0.15) is 0 Å². The van der Waals surface area contributed by atoms with E-state index in [2.05, 4.69) is 118 Å². The van der Waals surface area contributed by atoms with Crippen LogP contribution in [0.25, 0.3) is 0 Å². The fourth-order valence-electron chi connectivity index (χ4n) is 4.80. The second-order valence-electron chi connectivity index (χ2n) is 12.8. The van der Waals surface area contributed by atoms with Crippen LogP contribution in [0.15, 0.2) is 109 Å². The van der Waals surface area contributed by atoms with Crippen LogP contribution in [0.3, 0.4) is 0 Å². The maximum Gasteiger partial charge on any atom is 0.309 e. The number of carbonyl (C=O) groups excluding carboxylic acids is 3. The molecule has 0 N–H and O–H groups in total. The second-order valence-corrected chi connectivity index (χ2v) is 12.8. The zero-order chi connectivity index (χ0) is 38.7. The van der Waals surface area contributed by atoms with Gasteiger partial charge in [-0.25, -0.2) is 0 Å². The molecular formula is C47H72O6. The molecule has 0 saturated heterocycles. The Kier molecular flexibility index (Phi) is 37.8. The Labute approximate surface area is 323 Å². The van der Waals surface area contributed by atoms with Gasteiger partial charge in [0, 0.05) is 12.8 Å². The van der Waals surface area contributed by atoms with Crippen LogP contribution in [-0.2, 0) is 28.6 Å². The first-order valence-corrected chi connectivity index (χ1v) is 20.4. The largest absolute Gasteiger partial charge is 0.462 e. The van der Waals surface area contributed by atoms with Crippen molar-refractivity contribution in [3.8, 4) is 0 Å². The fraction of sp³-hybridized carbons (Fsp3) is 0.553. The lowest BCUT2D eigenvalue weighted by Crippen LogP contribution is -2.30. The summed E-state index contributed by atoms with van der Waals surface area (Å²) >= 11 is 0. The molecule has 0 aliphatic heterocycles. The minimum absolute atomic E-state index is 0.114.